The second-order valence-corrected chi connectivity index (χ2v) is 18.8. The van der Waals surface area contributed by atoms with Crippen LogP contribution in [0.5, 0.6) is 0 Å². The van der Waals surface area contributed by atoms with Gasteiger partial charge in [0.05, 0.1) is 0 Å². The van der Waals surface area contributed by atoms with Crippen molar-refractivity contribution in [3.05, 3.63) is 0 Å². The molecule has 0 aliphatic carbocycles. The maximum atomic E-state index is 2.23. The summed E-state index contributed by atoms with van der Waals surface area (Å²) in [5.74, 6) is 4.54. The van der Waals surface area contributed by atoms with Crippen LogP contribution in [-0.4, -0.2) is 95.8 Å². The summed E-state index contributed by atoms with van der Waals surface area (Å²) >= 11 is 7.93. The van der Waals surface area contributed by atoms with E-state index in [4.69, 9.17) is 0 Å². The van der Waals surface area contributed by atoms with Crippen molar-refractivity contribution in [2.45, 2.75) is 42.1 Å². The molecule has 6 heteroatoms. The van der Waals surface area contributed by atoms with Gasteiger partial charge in [-0.15, -0.1) is 0 Å². The first kappa shape index (κ1) is 16.3. The van der Waals surface area contributed by atoms with Gasteiger partial charge in [-0.3, -0.25) is 0 Å². The zero-order valence-electron chi connectivity index (χ0n) is 10.4. The predicted octanol–water partition coefficient (Wildman–Crippen LogP) is 3.33. The van der Waals surface area contributed by atoms with Gasteiger partial charge in [0.15, 0.2) is 0 Å². The van der Waals surface area contributed by atoms with E-state index in [1.807, 2.05) is 0 Å². The molecule has 3 heterocycles. The van der Waals surface area contributed by atoms with Crippen molar-refractivity contribution in [3.63, 3.8) is 0 Å². The molecule has 0 bridgehead atoms. The molecule has 3 atom stereocenters. The van der Waals surface area contributed by atoms with Gasteiger partial charge < -0.3 is 0 Å². The van der Waals surface area contributed by atoms with E-state index >= 15 is 0 Å². The van der Waals surface area contributed by atoms with Gasteiger partial charge in [0, 0.05) is 0 Å². The molecule has 3 rings (SSSR count). The summed E-state index contributed by atoms with van der Waals surface area (Å²) in [4.78, 5) is 0. The SMILES string of the molecule is C1SC1C[Te]CC(C[Te]CC1CS1)[Te]CC1CS1. The van der Waals surface area contributed by atoms with Crippen molar-refractivity contribution in [2.24, 2.45) is 0 Å². The Kier molecular flexibility index (Phi) is 8.05. The van der Waals surface area contributed by atoms with E-state index in [0.717, 1.165) is 15.7 Å². The molecular formula is C12H20S3Te3. The van der Waals surface area contributed by atoms with Crippen molar-refractivity contribution in [3.8, 4) is 0 Å². The minimum atomic E-state index is 0.404. The molecule has 0 nitrogen and oxygen atoms in total. The average molecular weight is 643 g/mol. The number of hydrogen-bond donors (Lipinski definition) is 0. The standard InChI is InChI=1S/C12H20S3Te3/c1-9(13-1)4-16-7-12(18-6-11-3-15-11)8-17-5-10-2-14-10/h9-12H,1-8H2. The molecule has 0 spiro atoms. The van der Waals surface area contributed by atoms with Gasteiger partial charge in [-0.25, -0.2) is 0 Å². The Balaban J connectivity index is 1.28. The summed E-state index contributed by atoms with van der Waals surface area (Å²) in [6, 6.07) is 0. The summed E-state index contributed by atoms with van der Waals surface area (Å²) in [7, 11) is 0. The van der Waals surface area contributed by atoms with Crippen LogP contribution in [-0.2, 0) is 0 Å². The molecule has 3 aliphatic heterocycles. The van der Waals surface area contributed by atoms with Crippen molar-refractivity contribution < 1.29 is 0 Å². The second kappa shape index (κ2) is 8.90. The van der Waals surface area contributed by atoms with Crippen molar-refractivity contribution in [1.82, 2.24) is 0 Å². The van der Waals surface area contributed by atoms with Crippen LogP contribution in [0.3, 0.4) is 0 Å². The third-order valence-electron chi connectivity index (χ3n) is 2.94. The van der Waals surface area contributed by atoms with Crippen LogP contribution in [0.4, 0.5) is 0 Å². The summed E-state index contributed by atoms with van der Waals surface area (Å²) in [6.45, 7) is 0. The van der Waals surface area contributed by atoms with Gasteiger partial charge in [0.1, 0.15) is 0 Å². The van der Waals surface area contributed by atoms with E-state index < -0.39 is 0 Å². The second-order valence-electron chi connectivity index (χ2n) is 4.90. The first-order valence-corrected chi connectivity index (χ1v) is 19.2. The normalized spacial score (nSPS) is 34.3. The van der Waals surface area contributed by atoms with E-state index in [1.54, 1.807) is 22.3 Å². The number of rotatable bonds is 11. The van der Waals surface area contributed by atoms with E-state index in [-0.39, 0.29) is 0 Å². The zero-order valence-corrected chi connectivity index (χ0v) is 19.9. The van der Waals surface area contributed by atoms with Crippen LogP contribution >= 0.6 is 35.3 Å². The molecule has 3 unspecified atom stereocenters. The van der Waals surface area contributed by atoms with Crippen LogP contribution in [0.15, 0.2) is 0 Å². The van der Waals surface area contributed by atoms with Gasteiger partial charge in [-0.2, -0.15) is 0 Å². The molecule has 0 aromatic carbocycles. The van der Waals surface area contributed by atoms with Gasteiger partial charge in [-0.1, -0.05) is 0 Å². The van der Waals surface area contributed by atoms with E-state index in [0.29, 0.717) is 62.8 Å². The Hall–Kier alpha value is 3.42. The number of hydrogen-bond acceptors (Lipinski definition) is 3. The maximum absolute atomic E-state index is 2.23. The van der Waals surface area contributed by atoms with E-state index in [1.165, 1.54) is 21.2 Å². The summed E-state index contributed by atoms with van der Waals surface area (Å²) in [6.07, 6.45) is 0. The Labute approximate surface area is 155 Å². The molecule has 18 heavy (non-hydrogen) atoms. The van der Waals surface area contributed by atoms with Crippen molar-refractivity contribution in [1.29, 1.82) is 0 Å². The van der Waals surface area contributed by atoms with Gasteiger partial charge in [-0.05, 0) is 0 Å². The quantitative estimate of drug-likeness (QED) is 0.251. The molecule has 3 aliphatic rings. The van der Waals surface area contributed by atoms with Crippen LogP contribution in [0.2, 0.25) is 26.3 Å². The Morgan fingerprint density at radius 3 is 1.67 bits per heavy atom. The molecule has 0 aromatic heterocycles. The molecule has 0 N–H and O–H groups in total. The van der Waals surface area contributed by atoms with Crippen LogP contribution in [0.1, 0.15) is 0 Å². The predicted molar refractivity (Wildman–Crippen MR) is 93.8 cm³/mol. The molecule has 3 saturated heterocycles. The summed E-state index contributed by atoms with van der Waals surface area (Å²) < 4.78 is 9.87. The number of thioether (sulfide) groups is 3. The van der Waals surface area contributed by atoms with Crippen molar-refractivity contribution >= 4 is 98.1 Å². The third kappa shape index (κ3) is 7.61. The van der Waals surface area contributed by atoms with Crippen LogP contribution < -0.4 is 0 Å². The molecule has 0 saturated carbocycles. The Morgan fingerprint density at radius 1 is 0.778 bits per heavy atom. The monoisotopic (exact) mass is 650 g/mol. The first-order valence-electron chi connectivity index (χ1n) is 6.52. The zero-order chi connectivity index (χ0) is 12.2. The molecule has 0 radical (unpaired) electrons. The molecule has 104 valence electrons. The first-order chi connectivity index (χ1) is 8.90. The summed E-state index contributed by atoms with van der Waals surface area (Å²) in [5.41, 5.74) is 0. The molecule has 0 amide bonds. The fourth-order valence-electron chi connectivity index (χ4n) is 1.54. The molecule has 3 fully saturated rings. The van der Waals surface area contributed by atoms with E-state index in [9.17, 15) is 0 Å². The van der Waals surface area contributed by atoms with Crippen LogP contribution in [0.25, 0.3) is 0 Å². The van der Waals surface area contributed by atoms with E-state index in [2.05, 4.69) is 35.3 Å². The third-order valence-corrected chi connectivity index (χ3v) is 23.2. The van der Waals surface area contributed by atoms with Gasteiger partial charge >= 0.3 is 157 Å². The van der Waals surface area contributed by atoms with Crippen molar-refractivity contribution in [2.75, 3.05) is 17.3 Å². The van der Waals surface area contributed by atoms with Crippen LogP contribution in [0, 0.1) is 0 Å². The Bertz CT molecular complexity index is 237. The summed E-state index contributed by atoms with van der Waals surface area (Å²) in [5, 5.41) is 3.44. The fourth-order valence-corrected chi connectivity index (χ4v) is 24.5. The molecule has 0 aromatic rings. The molecular weight excluding hydrogens is 623 g/mol. The van der Waals surface area contributed by atoms with Gasteiger partial charge in [0.2, 0.25) is 0 Å². The Morgan fingerprint density at radius 2 is 1.22 bits per heavy atom. The minimum absolute atomic E-state index is 0.404. The average Bonchev–Trinajstić information content (AvgIpc) is 3.23. The topological polar surface area (TPSA) is 0 Å². The van der Waals surface area contributed by atoms with Gasteiger partial charge in [0.25, 0.3) is 0 Å². The fraction of sp³-hybridized carbons (Fsp3) is 1.00.